The molecular formula is C14H13N5OS. The molecule has 4 rings (SSSR count). The fraction of sp³-hybridized carbons (Fsp3) is 0.214. The fourth-order valence-electron chi connectivity index (χ4n) is 2.43. The number of hydrogen-bond donors (Lipinski definition) is 1. The monoisotopic (exact) mass is 299 g/mol. The molecule has 1 aliphatic heterocycles. The number of aryl methyl sites for hydroxylation is 1. The summed E-state index contributed by atoms with van der Waals surface area (Å²) in [6.45, 7) is 1.42. The maximum absolute atomic E-state index is 12.3. The van der Waals surface area contributed by atoms with Crippen molar-refractivity contribution in [3.63, 3.8) is 0 Å². The number of pyridine rings is 1. The molecule has 3 aromatic heterocycles. The van der Waals surface area contributed by atoms with Gasteiger partial charge >= 0.3 is 0 Å². The Hall–Kier alpha value is -2.28. The van der Waals surface area contributed by atoms with Crippen LogP contribution in [0.2, 0.25) is 0 Å². The molecule has 0 aromatic carbocycles. The van der Waals surface area contributed by atoms with Gasteiger partial charge in [-0.05, 0) is 18.2 Å². The second-order valence-corrected chi connectivity index (χ2v) is 5.88. The Kier molecular flexibility index (Phi) is 2.92. The topological polar surface area (TPSA) is 64.2 Å². The number of rotatable bonds is 3. The highest BCUT2D eigenvalue weighted by Gasteiger charge is 2.15. The first kappa shape index (κ1) is 12.5. The van der Waals surface area contributed by atoms with E-state index in [2.05, 4.69) is 20.0 Å². The third-order valence-corrected chi connectivity index (χ3v) is 4.41. The van der Waals surface area contributed by atoms with Crippen molar-refractivity contribution in [1.82, 2.24) is 24.5 Å². The van der Waals surface area contributed by atoms with E-state index in [0.717, 1.165) is 28.7 Å². The van der Waals surface area contributed by atoms with Gasteiger partial charge in [-0.2, -0.15) is 5.10 Å². The summed E-state index contributed by atoms with van der Waals surface area (Å²) in [4.78, 5) is 16.8. The van der Waals surface area contributed by atoms with Gasteiger partial charge in [-0.25, -0.2) is 9.50 Å². The lowest BCUT2D eigenvalue weighted by Gasteiger charge is -2.05. The van der Waals surface area contributed by atoms with Crippen molar-refractivity contribution in [3.05, 3.63) is 48.0 Å². The van der Waals surface area contributed by atoms with Crippen LogP contribution in [0.25, 0.3) is 5.52 Å². The zero-order chi connectivity index (χ0) is 14.2. The summed E-state index contributed by atoms with van der Waals surface area (Å²) in [6.07, 6.45) is 3.69. The molecule has 0 unspecified atom stereocenters. The molecule has 0 bridgehead atoms. The van der Waals surface area contributed by atoms with E-state index in [4.69, 9.17) is 0 Å². The SMILES string of the molecule is O=C(NCc1cn2c(n1)SCC2)c1cccc2ccnn12. The average molecular weight is 299 g/mol. The van der Waals surface area contributed by atoms with Crippen LogP contribution in [-0.2, 0) is 13.1 Å². The third-order valence-electron chi connectivity index (χ3n) is 3.44. The van der Waals surface area contributed by atoms with E-state index in [9.17, 15) is 4.79 Å². The molecule has 0 atom stereocenters. The lowest BCUT2D eigenvalue weighted by Crippen LogP contribution is -2.25. The normalized spacial score (nSPS) is 13.5. The Bertz CT molecular complexity index is 800. The molecule has 7 heteroatoms. The first-order chi connectivity index (χ1) is 10.3. The highest BCUT2D eigenvalue weighted by Crippen LogP contribution is 2.24. The summed E-state index contributed by atoms with van der Waals surface area (Å²) in [5, 5.41) is 8.10. The van der Waals surface area contributed by atoms with E-state index >= 15 is 0 Å². The molecule has 0 saturated carbocycles. The Morgan fingerprint density at radius 1 is 1.38 bits per heavy atom. The smallest absolute Gasteiger partial charge is 0.270 e. The quantitative estimate of drug-likeness (QED) is 0.797. The van der Waals surface area contributed by atoms with Crippen LogP contribution in [0.4, 0.5) is 0 Å². The molecular weight excluding hydrogens is 286 g/mol. The maximum Gasteiger partial charge on any atom is 0.270 e. The van der Waals surface area contributed by atoms with Gasteiger partial charge in [-0.3, -0.25) is 4.79 Å². The van der Waals surface area contributed by atoms with Crippen LogP contribution >= 0.6 is 11.8 Å². The van der Waals surface area contributed by atoms with Gasteiger partial charge in [0.2, 0.25) is 0 Å². The zero-order valence-electron chi connectivity index (χ0n) is 11.2. The Morgan fingerprint density at radius 2 is 2.33 bits per heavy atom. The van der Waals surface area contributed by atoms with Gasteiger partial charge < -0.3 is 9.88 Å². The maximum atomic E-state index is 12.3. The molecule has 1 amide bonds. The molecule has 1 aliphatic rings. The van der Waals surface area contributed by atoms with Crippen LogP contribution in [0.15, 0.2) is 41.8 Å². The summed E-state index contributed by atoms with van der Waals surface area (Å²) >= 11 is 1.75. The van der Waals surface area contributed by atoms with Crippen molar-refractivity contribution < 1.29 is 4.79 Å². The molecule has 0 fully saturated rings. The van der Waals surface area contributed by atoms with Crippen LogP contribution in [-0.4, -0.2) is 30.8 Å². The largest absolute Gasteiger partial charge is 0.345 e. The molecule has 0 saturated heterocycles. The first-order valence-corrected chi connectivity index (χ1v) is 7.69. The van der Waals surface area contributed by atoms with E-state index in [1.807, 2.05) is 24.4 Å². The van der Waals surface area contributed by atoms with Crippen molar-refractivity contribution in [2.45, 2.75) is 18.2 Å². The number of imidazole rings is 1. The van der Waals surface area contributed by atoms with E-state index in [0.29, 0.717) is 12.2 Å². The van der Waals surface area contributed by atoms with Gasteiger partial charge in [-0.15, -0.1) is 0 Å². The number of carbonyl (C=O) groups is 1. The minimum atomic E-state index is -0.148. The minimum absolute atomic E-state index is 0.148. The van der Waals surface area contributed by atoms with Crippen molar-refractivity contribution in [2.75, 3.05) is 5.75 Å². The van der Waals surface area contributed by atoms with Crippen molar-refractivity contribution >= 4 is 23.2 Å². The summed E-state index contributed by atoms with van der Waals surface area (Å²) in [7, 11) is 0. The van der Waals surface area contributed by atoms with Crippen LogP contribution in [0.5, 0.6) is 0 Å². The molecule has 0 aliphatic carbocycles. The van der Waals surface area contributed by atoms with Gasteiger partial charge in [0, 0.05) is 18.5 Å². The van der Waals surface area contributed by atoms with Crippen LogP contribution < -0.4 is 5.32 Å². The summed E-state index contributed by atoms with van der Waals surface area (Å²) in [5.74, 6) is 0.932. The fourth-order valence-corrected chi connectivity index (χ4v) is 3.39. The third kappa shape index (κ3) is 2.19. The van der Waals surface area contributed by atoms with Gasteiger partial charge in [0.1, 0.15) is 5.69 Å². The number of amides is 1. The van der Waals surface area contributed by atoms with Gasteiger partial charge in [0.05, 0.1) is 24.0 Å². The molecule has 1 N–H and O–H groups in total. The Labute approximate surface area is 125 Å². The van der Waals surface area contributed by atoms with Crippen LogP contribution in [0, 0.1) is 0 Å². The lowest BCUT2D eigenvalue weighted by molar-refractivity contribution is 0.0943. The van der Waals surface area contributed by atoms with E-state index in [-0.39, 0.29) is 5.91 Å². The van der Waals surface area contributed by atoms with E-state index < -0.39 is 0 Å². The molecule has 0 radical (unpaired) electrons. The Morgan fingerprint density at radius 3 is 3.24 bits per heavy atom. The van der Waals surface area contributed by atoms with E-state index in [1.165, 1.54) is 0 Å². The van der Waals surface area contributed by atoms with Crippen molar-refractivity contribution in [1.29, 1.82) is 0 Å². The second kappa shape index (κ2) is 4.92. The molecule has 4 heterocycles. The number of thioether (sulfide) groups is 1. The lowest BCUT2D eigenvalue weighted by atomic mass is 10.3. The molecule has 106 valence electrons. The zero-order valence-corrected chi connectivity index (χ0v) is 12.0. The van der Waals surface area contributed by atoms with Gasteiger partial charge in [0.25, 0.3) is 5.91 Å². The molecule has 0 spiro atoms. The predicted molar refractivity (Wildman–Crippen MR) is 79.3 cm³/mol. The number of nitrogens with one attached hydrogen (secondary N) is 1. The molecule has 6 nitrogen and oxygen atoms in total. The Balaban J connectivity index is 1.51. The summed E-state index contributed by atoms with van der Waals surface area (Å²) in [6, 6.07) is 7.40. The highest BCUT2D eigenvalue weighted by molar-refractivity contribution is 7.99. The number of aromatic nitrogens is 4. The first-order valence-electron chi connectivity index (χ1n) is 6.71. The average Bonchev–Trinajstić information content (AvgIpc) is 3.18. The van der Waals surface area contributed by atoms with Crippen LogP contribution in [0.1, 0.15) is 16.2 Å². The number of carbonyl (C=O) groups excluding carboxylic acids is 1. The number of fused-ring (bicyclic) bond motifs is 2. The summed E-state index contributed by atoms with van der Waals surface area (Å²) in [5.41, 5.74) is 2.32. The number of nitrogens with zero attached hydrogens (tertiary/aromatic N) is 4. The number of hydrogen-bond acceptors (Lipinski definition) is 4. The highest BCUT2D eigenvalue weighted by atomic mass is 32.2. The van der Waals surface area contributed by atoms with Gasteiger partial charge in [0.15, 0.2) is 5.16 Å². The second-order valence-electron chi connectivity index (χ2n) is 4.82. The van der Waals surface area contributed by atoms with Crippen LogP contribution in [0.3, 0.4) is 0 Å². The van der Waals surface area contributed by atoms with Crippen molar-refractivity contribution in [3.8, 4) is 0 Å². The van der Waals surface area contributed by atoms with Gasteiger partial charge in [-0.1, -0.05) is 17.8 Å². The summed E-state index contributed by atoms with van der Waals surface area (Å²) < 4.78 is 3.76. The van der Waals surface area contributed by atoms with E-state index in [1.54, 1.807) is 28.5 Å². The standard InChI is InChI=1S/C14H13N5OS/c20-13(12-3-1-2-11-4-5-16-19(11)12)15-8-10-9-18-6-7-21-14(18)17-10/h1-5,9H,6-8H2,(H,15,20). The molecule has 21 heavy (non-hydrogen) atoms. The predicted octanol–water partition coefficient (Wildman–Crippen LogP) is 1.57. The minimum Gasteiger partial charge on any atom is -0.345 e. The van der Waals surface area contributed by atoms with Crippen molar-refractivity contribution in [2.24, 2.45) is 0 Å². The molecule has 3 aromatic rings.